The highest BCUT2D eigenvalue weighted by Gasteiger charge is 2.51. The molecular weight excluding hydrogens is 262 g/mol. The molecule has 5 heteroatoms. The number of amides is 1. The van der Waals surface area contributed by atoms with Crippen molar-refractivity contribution in [3.8, 4) is 0 Å². The van der Waals surface area contributed by atoms with Crippen molar-refractivity contribution in [1.29, 1.82) is 0 Å². The molecule has 1 unspecified atom stereocenters. The lowest BCUT2D eigenvalue weighted by atomic mass is 9.68. The average molecular weight is 281 g/mol. The summed E-state index contributed by atoms with van der Waals surface area (Å²) in [7, 11) is 0. The highest BCUT2D eigenvalue weighted by atomic mass is 32.1. The van der Waals surface area contributed by atoms with Crippen LogP contribution in [0.4, 0.5) is 0 Å². The Morgan fingerprint density at radius 2 is 2.11 bits per heavy atom. The predicted octanol–water partition coefficient (Wildman–Crippen LogP) is 2.82. The molecule has 1 aromatic heterocycles. The molecule has 104 valence electrons. The number of carboxylic acid groups (broad SMARTS) is 1. The van der Waals surface area contributed by atoms with Crippen molar-refractivity contribution >= 4 is 23.2 Å². The van der Waals surface area contributed by atoms with Gasteiger partial charge in [0.1, 0.15) is 5.41 Å². The Bertz CT molecular complexity index is 463. The number of hydrogen-bond acceptors (Lipinski definition) is 3. The summed E-state index contributed by atoms with van der Waals surface area (Å²) in [6, 6.07) is 3.81. The average Bonchev–Trinajstić information content (AvgIpc) is 2.76. The number of carbonyl (C=O) groups excluding carboxylic acids is 1. The monoisotopic (exact) mass is 281 g/mol. The Morgan fingerprint density at radius 3 is 2.47 bits per heavy atom. The lowest BCUT2D eigenvalue weighted by Crippen LogP contribution is -2.52. The van der Waals surface area contributed by atoms with Gasteiger partial charge in [0, 0.05) is 4.88 Å². The quantitative estimate of drug-likeness (QED) is 0.816. The largest absolute Gasteiger partial charge is 0.480 e. The van der Waals surface area contributed by atoms with E-state index in [1.54, 1.807) is 11.3 Å². The minimum absolute atomic E-state index is 0.107. The minimum atomic E-state index is -1.19. The standard InChI is InChI=1S/C14H19NO3S/c1-9(2)11(10-5-3-8-19-10)15-12(16)14(13(17)18)6-4-7-14/h3,5,8-9,11H,4,6-7H2,1-2H3,(H,15,16)(H,17,18). The first-order valence-electron chi connectivity index (χ1n) is 6.55. The molecule has 1 aromatic rings. The molecule has 0 aliphatic heterocycles. The van der Waals surface area contributed by atoms with Gasteiger partial charge in [0.05, 0.1) is 6.04 Å². The van der Waals surface area contributed by atoms with E-state index in [2.05, 4.69) is 5.32 Å². The first-order valence-corrected chi connectivity index (χ1v) is 7.43. The van der Waals surface area contributed by atoms with Crippen LogP contribution in [-0.4, -0.2) is 17.0 Å². The Balaban J connectivity index is 2.14. The smallest absolute Gasteiger partial charge is 0.319 e. The Morgan fingerprint density at radius 1 is 1.42 bits per heavy atom. The summed E-state index contributed by atoms with van der Waals surface area (Å²) >= 11 is 1.58. The zero-order chi connectivity index (χ0) is 14.0. The van der Waals surface area contributed by atoms with Gasteiger partial charge in [-0.3, -0.25) is 9.59 Å². The number of carboxylic acids is 1. The second-order valence-electron chi connectivity index (χ2n) is 5.45. The van der Waals surface area contributed by atoms with Gasteiger partial charge in [-0.25, -0.2) is 0 Å². The second kappa shape index (κ2) is 5.33. The van der Waals surface area contributed by atoms with Gasteiger partial charge < -0.3 is 10.4 Å². The van der Waals surface area contributed by atoms with Crippen LogP contribution in [0.5, 0.6) is 0 Å². The van der Waals surface area contributed by atoms with Crippen molar-refractivity contribution in [2.45, 2.75) is 39.2 Å². The van der Waals surface area contributed by atoms with Gasteiger partial charge in [-0.1, -0.05) is 26.3 Å². The Hall–Kier alpha value is -1.36. The third-order valence-electron chi connectivity index (χ3n) is 3.85. The molecule has 0 bridgehead atoms. The van der Waals surface area contributed by atoms with Crippen LogP contribution in [0.15, 0.2) is 17.5 Å². The number of thiophene rings is 1. The first kappa shape index (κ1) is 14.1. The fourth-order valence-electron chi connectivity index (χ4n) is 2.38. The Kier molecular flexibility index (Phi) is 3.94. The van der Waals surface area contributed by atoms with Crippen molar-refractivity contribution in [2.75, 3.05) is 0 Å². The van der Waals surface area contributed by atoms with E-state index in [-0.39, 0.29) is 17.9 Å². The molecule has 1 saturated carbocycles. The van der Waals surface area contributed by atoms with Crippen molar-refractivity contribution in [2.24, 2.45) is 11.3 Å². The molecular formula is C14H19NO3S. The van der Waals surface area contributed by atoms with Crippen LogP contribution < -0.4 is 5.32 Å². The number of hydrogen-bond donors (Lipinski definition) is 2. The summed E-state index contributed by atoms with van der Waals surface area (Å²) in [6.07, 6.45) is 1.71. The van der Waals surface area contributed by atoms with Gasteiger partial charge in [-0.15, -0.1) is 11.3 Å². The molecule has 1 amide bonds. The number of aliphatic carboxylic acids is 1. The van der Waals surface area contributed by atoms with Gasteiger partial charge in [0.2, 0.25) is 5.91 Å². The summed E-state index contributed by atoms with van der Waals surface area (Å²) in [5.41, 5.74) is -1.19. The van der Waals surface area contributed by atoms with Crippen LogP contribution in [0.3, 0.4) is 0 Å². The molecule has 1 fully saturated rings. The highest BCUT2D eigenvalue weighted by Crippen LogP contribution is 2.42. The van der Waals surface area contributed by atoms with E-state index in [4.69, 9.17) is 0 Å². The molecule has 1 aliphatic carbocycles. The molecule has 0 saturated heterocycles. The van der Waals surface area contributed by atoms with Crippen LogP contribution in [0.1, 0.15) is 44.0 Å². The van der Waals surface area contributed by atoms with Crippen LogP contribution in [-0.2, 0) is 9.59 Å². The molecule has 2 N–H and O–H groups in total. The molecule has 19 heavy (non-hydrogen) atoms. The lowest BCUT2D eigenvalue weighted by molar-refractivity contribution is -0.162. The second-order valence-corrected chi connectivity index (χ2v) is 6.43. The van der Waals surface area contributed by atoms with E-state index < -0.39 is 11.4 Å². The highest BCUT2D eigenvalue weighted by molar-refractivity contribution is 7.10. The van der Waals surface area contributed by atoms with Crippen LogP contribution in [0.2, 0.25) is 0 Å². The van der Waals surface area contributed by atoms with E-state index in [0.29, 0.717) is 12.8 Å². The van der Waals surface area contributed by atoms with E-state index in [1.165, 1.54) is 0 Å². The van der Waals surface area contributed by atoms with Crippen molar-refractivity contribution < 1.29 is 14.7 Å². The van der Waals surface area contributed by atoms with Gasteiger partial charge in [0.25, 0.3) is 0 Å². The van der Waals surface area contributed by atoms with Gasteiger partial charge >= 0.3 is 5.97 Å². The van der Waals surface area contributed by atoms with Crippen molar-refractivity contribution in [3.05, 3.63) is 22.4 Å². The maximum Gasteiger partial charge on any atom is 0.319 e. The molecule has 1 heterocycles. The predicted molar refractivity (Wildman–Crippen MR) is 74.0 cm³/mol. The van der Waals surface area contributed by atoms with E-state index in [9.17, 15) is 14.7 Å². The van der Waals surface area contributed by atoms with Crippen molar-refractivity contribution in [3.63, 3.8) is 0 Å². The number of carbonyl (C=O) groups is 2. The van der Waals surface area contributed by atoms with Crippen LogP contribution in [0.25, 0.3) is 0 Å². The SMILES string of the molecule is CC(C)C(NC(=O)C1(C(=O)O)CCC1)c1cccs1. The van der Waals surface area contributed by atoms with Gasteiger partial charge in [0.15, 0.2) is 0 Å². The summed E-state index contributed by atoms with van der Waals surface area (Å²) in [5.74, 6) is -1.10. The third kappa shape index (κ3) is 2.52. The molecule has 1 atom stereocenters. The topological polar surface area (TPSA) is 66.4 Å². The summed E-state index contributed by atoms with van der Waals surface area (Å²) in [6.45, 7) is 4.05. The first-order chi connectivity index (χ1) is 8.97. The third-order valence-corrected chi connectivity index (χ3v) is 4.81. The maximum absolute atomic E-state index is 12.3. The summed E-state index contributed by atoms with van der Waals surface area (Å²) in [5, 5.41) is 14.2. The number of nitrogens with one attached hydrogen (secondary N) is 1. The molecule has 4 nitrogen and oxygen atoms in total. The molecule has 0 radical (unpaired) electrons. The normalized spacial score (nSPS) is 18.7. The van der Waals surface area contributed by atoms with Crippen LogP contribution >= 0.6 is 11.3 Å². The van der Waals surface area contributed by atoms with Gasteiger partial charge in [-0.05, 0) is 30.2 Å². The van der Waals surface area contributed by atoms with E-state index in [1.807, 2.05) is 31.4 Å². The summed E-state index contributed by atoms with van der Waals surface area (Å²) in [4.78, 5) is 24.7. The fraction of sp³-hybridized carbons (Fsp3) is 0.571. The molecule has 0 spiro atoms. The van der Waals surface area contributed by atoms with Crippen LogP contribution in [0, 0.1) is 11.3 Å². The fourth-order valence-corrected chi connectivity index (χ4v) is 3.33. The van der Waals surface area contributed by atoms with E-state index >= 15 is 0 Å². The van der Waals surface area contributed by atoms with E-state index in [0.717, 1.165) is 11.3 Å². The van der Waals surface area contributed by atoms with Crippen molar-refractivity contribution in [1.82, 2.24) is 5.32 Å². The Labute approximate surface area is 116 Å². The molecule has 1 aliphatic rings. The number of rotatable bonds is 5. The van der Waals surface area contributed by atoms with Gasteiger partial charge in [-0.2, -0.15) is 0 Å². The zero-order valence-electron chi connectivity index (χ0n) is 11.2. The molecule has 2 rings (SSSR count). The lowest BCUT2D eigenvalue weighted by Gasteiger charge is -2.37. The zero-order valence-corrected chi connectivity index (χ0v) is 12.0. The molecule has 0 aromatic carbocycles. The minimum Gasteiger partial charge on any atom is -0.480 e. The summed E-state index contributed by atoms with van der Waals surface area (Å²) < 4.78 is 0. The maximum atomic E-state index is 12.3.